The monoisotopic (exact) mass is 1440 g/mol. The van der Waals surface area contributed by atoms with Crippen LogP contribution in [-0.4, -0.2) is 40.1 Å². The maximum absolute atomic E-state index is 14.2. The fourth-order valence-electron chi connectivity index (χ4n) is 11.9. The molecule has 6 aromatic carbocycles. The molecule has 28 heteroatoms. The normalized spacial score (nSPS) is 13.4. The van der Waals surface area contributed by atoms with Crippen LogP contribution in [0.15, 0.2) is 121 Å². The molecule has 0 spiro atoms. The van der Waals surface area contributed by atoms with Gasteiger partial charge in [0.15, 0.2) is 0 Å². The van der Waals surface area contributed by atoms with Crippen molar-refractivity contribution in [2.75, 3.05) is 0 Å². The molecule has 0 unspecified atom stereocenters. The van der Waals surface area contributed by atoms with E-state index in [1.165, 1.54) is 22.3 Å². The van der Waals surface area contributed by atoms with Gasteiger partial charge in [-0.1, -0.05) is 97.1 Å². The second-order valence-corrected chi connectivity index (χ2v) is 32.2. The van der Waals surface area contributed by atoms with Crippen molar-refractivity contribution in [1.29, 1.82) is 0 Å². The van der Waals surface area contributed by atoms with Crippen molar-refractivity contribution in [1.82, 2.24) is 0 Å². The predicted octanol–water partition coefficient (Wildman–Crippen LogP) is 21.4. The van der Waals surface area contributed by atoms with E-state index < -0.39 is 195 Å². The Hall–Kier alpha value is -4.81. The second kappa shape index (κ2) is 29.2. The fraction of sp³-hybridized carbons (Fsp3) is 0.419. The van der Waals surface area contributed by atoms with Gasteiger partial charge in [-0.05, 0) is 130 Å². The Morgan fingerprint density at radius 1 is 0.233 bits per heavy atom. The first-order chi connectivity index (χ1) is 40.2. The standard InChI is InChI=1S/C32H12BF24.C12H8.2C9H21P.Rh/c34-25(35,36)13-1-14(26(37,38)39)6-21(5-13)33(22-7-15(27(40,41)42)2-16(8-22)28(43,44)45,23-9-17(29(46,47)48)3-18(10-23)30(49,50)51)24-11-19(31(52,53)54)4-20(12-24)32(55,56)57;1-2-6-10-9(5-1)11-7-3-4-8-12(10)11;2*1-7(2)10(8(3)4)9(5)6;/h1-12H;1-8H;2*7-9H,1-6H3;/q-1;;;;/p+2. The number of halogens is 24. The third-order valence-corrected chi connectivity index (χ3v) is 22.9. The van der Waals surface area contributed by atoms with Crippen molar-refractivity contribution < 1.29 is 125 Å². The summed E-state index contributed by atoms with van der Waals surface area (Å²) in [6.45, 7) is 28.4. The molecule has 0 bridgehead atoms. The Kier molecular flexibility index (Phi) is 25.8. The first-order valence-electron chi connectivity index (χ1n) is 27.4. The van der Waals surface area contributed by atoms with Crippen molar-refractivity contribution >= 4 is 43.8 Å². The number of rotatable bonds is 10. The molecule has 0 heterocycles. The summed E-state index contributed by atoms with van der Waals surface area (Å²) in [5.74, 6) is 0. The summed E-state index contributed by atoms with van der Waals surface area (Å²) in [6, 6.07) is 8.27. The fourth-order valence-corrected chi connectivity index (χ4v) is 19.9. The summed E-state index contributed by atoms with van der Waals surface area (Å²) >= 11 is 0. The third kappa shape index (κ3) is 19.6. The molecule has 0 N–H and O–H groups in total. The van der Waals surface area contributed by atoms with E-state index in [4.69, 9.17) is 0 Å². The molecule has 0 nitrogen and oxygen atoms in total. The van der Waals surface area contributed by atoms with Gasteiger partial charge in [-0.2, -0.15) is 127 Å². The summed E-state index contributed by atoms with van der Waals surface area (Å²) in [5.41, 5.74) is -19.0. The van der Waals surface area contributed by atoms with Gasteiger partial charge in [0.1, 0.15) is 6.15 Å². The molecule has 0 saturated carbocycles. The number of fused-ring (bicyclic) bond motifs is 4. The Morgan fingerprint density at radius 2 is 0.356 bits per heavy atom. The molecule has 0 amide bonds. The van der Waals surface area contributed by atoms with Crippen molar-refractivity contribution in [2.24, 2.45) is 0 Å². The molecule has 0 fully saturated rings. The molecule has 90 heavy (non-hydrogen) atoms. The van der Waals surface area contributed by atoms with Crippen LogP contribution in [0.1, 0.15) is 128 Å². The molecule has 1 aliphatic rings. The average Bonchev–Trinajstić information content (AvgIpc) is 0.728. The van der Waals surface area contributed by atoms with E-state index in [1.807, 2.05) is 0 Å². The summed E-state index contributed by atoms with van der Waals surface area (Å²) < 4.78 is 341. The van der Waals surface area contributed by atoms with E-state index >= 15 is 0 Å². The van der Waals surface area contributed by atoms with Gasteiger partial charge in [0.05, 0.1) is 78.5 Å². The third-order valence-electron chi connectivity index (χ3n) is 14.9. The molecule has 0 atom stereocenters. The van der Waals surface area contributed by atoms with Crippen molar-refractivity contribution in [3.05, 3.63) is 166 Å². The zero-order chi connectivity index (χ0) is 68.5. The molecular weight excluding hydrogens is 1380 g/mol. The Bertz CT molecular complexity index is 2740. The Morgan fingerprint density at radius 3 is 0.444 bits per heavy atom. The van der Waals surface area contributed by atoms with Gasteiger partial charge >= 0.3 is 49.4 Å². The molecule has 6 aromatic rings. The van der Waals surface area contributed by atoms with Crippen LogP contribution in [-0.2, 0) is 68.9 Å². The number of hydrogen-bond donors (Lipinski definition) is 0. The van der Waals surface area contributed by atoms with Gasteiger partial charge in [0.25, 0.3) is 0 Å². The molecule has 0 saturated heterocycles. The van der Waals surface area contributed by atoms with Crippen LogP contribution in [0.5, 0.6) is 0 Å². The first-order valence-corrected chi connectivity index (χ1v) is 30.9. The van der Waals surface area contributed by atoms with Gasteiger partial charge in [-0.15, -0.1) is 0 Å². The van der Waals surface area contributed by atoms with E-state index in [-0.39, 0.29) is 35.3 Å². The van der Waals surface area contributed by atoms with E-state index in [0.717, 1.165) is 34.0 Å². The zero-order valence-corrected chi connectivity index (χ0v) is 53.6. The molecule has 1 radical (unpaired) electrons. The van der Waals surface area contributed by atoms with Crippen LogP contribution in [0.4, 0.5) is 105 Å². The number of hydrogen-bond acceptors (Lipinski definition) is 0. The molecule has 501 valence electrons. The van der Waals surface area contributed by atoms with Crippen LogP contribution in [0.25, 0.3) is 22.3 Å². The smallest absolute Gasteiger partial charge is 0.194 e. The summed E-state index contributed by atoms with van der Waals surface area (Å²) in [5, 5.41) is 0. The van der Waals surface area contributed by atoms with Gasteiger partial charge < -0.3 is 0 Å². The quantitative estimate of drug-likeness (QED) is 0.0727. The Balaban J connectivity index is 0.000000511. The van der Waals surface area contributed by atoms with Gasteiger partial charge in [-0.25, -0.2) is 0 Å². The van der Waals surface area contributed by atoms with Crippen LogP contribution >= 0.6 is 15.8 Å². The molecule has 1 aliphatic carbocycles. The summed E-state index contributed by atoms with van der Waals surface area (Å²) in [4.78, 5) is 0. The summed E-state index contributed by atoms with van der Waals surface area (Å²) in [7, 11) is -0.191. The van der Waals surface area contributed by atoms with Crippen LogP contribution in [0, 0.1) is 0 Å². The van der Waals surface area contributed by atoms with Crippen molar-refractivity contribution in [3.63, 3.8) is 0 Å². The minimum atomic E-state index is -6.13. The van der Waals surface area contributed by atoms with Gasteiger partial charge in [0.2, 0.25) is 0 Å². The van der Waals surface area contributed by atoms with Crippen molar-refractivity contribution in [3.8, 4) is 22.3 Å². The molecule has 7 rings (SSSR count). The van der Waals surface area contributed by atoms with E-state index in [9.17, 15) is 105 Å². The average molecular weight is 1440 g/mol. The van der Waals surface area contributed by atoms with E-state index in [0.29, 0.717) is 0 Å². The maximum Gasteiger partial charge on any atom is 0.416 e. The van der Waals surface area contributed by atoms with Crippen molar-refractivity contribution in [2.45, 2.75) is 166 Å². The number of alkyl halides is 24. The summed E-state index contributed by atoms with van der Waals surface area (Å²) in [6.07, 6.45) is -54.8. The van der Waals surface area contributed by atoms with Crippen LogP contribution in [0.3, 0.4) is 0 Å². The minimum absolute atomic E-state index is 0. The number of benzene rings is 6. The minimum Gasteiger partial charge on any atom is -0.194 e. The molecular formula is C62H64BF24P2Rh+. The van der Waals surface area contributed by atoms with Gasteiger partial charge in [0, 0.05) is 35.3 Å². The van der Waals surface area contributed by atoms with E-state index in [2.05, 4.69) is 132 Å². The Labute approximate surface area is 521 Å². The predicted molar refractivity (Wildman–Crippen MR) is 308 cm³/mol. The van der Waals surface area contributed by atoms with E-state index in [1.54, 1.807) is 0 Å². The maximum atomic E-state index is 14.2. The largest absolute Gasteiger partial charge is 0.416 e. The molecule has 0 aromatic heterocycles. The first kappa shape index (κ1) is 79.4. The molecule has 0 aliphatic heterocycles. The van der Waals surface area contributed by atoms with Crippen LogP contribution in [0.2, 0.25) is 0 Å². The second-order valence-electron chi connectivity index (χ2n) is 23.2. The zero-order valence-electron chi connectivity index (χ0n) is 50.0. The SMILES string of the molecule is CC(C)[PH+](C(C)C)C(C)C.CC(C)[PH+](C(C)C)C(C)C.FC(F)(F)c1cc([B-](c2cc(C(F)(F)F)cc(C(F)(F)F)c2)(c2cc(C(F)(F)F)cc(C(F)(F)F)c2)c2cc(C(F)(F)F)cc(C(F)(F)F)c2)cc(C(F)(F)F)c1.[Rh].c1ccc2c(c1)-c1ccccc1-2. The van der Waals surface area contributed by atoms with Crippen LogP contribution < -0.4 is 21.9 Å². The van der Waals surface area contributed by atoms with Gasteiger partial charge in [-0.3, -0.25) is 0 Å². The topological polar surface area (TPSA) is 0 Å².